The minimum atomic E-state index is -0.438. The van der Waals surface area contributed by atoms with Crippen molar-refractivity contribution in [3.63, 3.8) is 0 Å². The van der Waals surface area contributed by atoms with Crippen LogP contribution < -0.4 is 15.4 Å². The number of carbonyl (C=O) groups is 2. The van der Waals surface area contributed by atoms with Gasteiger partial charge in [0.05, 0.1) is 12.8 Å². The highest BCUT2D eigenvalue weighted by molar-refractivity contribution is 5.98. The molecule has 0 fully saturated rings. The lowest BCUT2D eigenvalue weighted by atomic mass is 10.2. The molecule has 1 heterocycles. The van der Waals surface area contributed by atoms with Gasteiger partial charge in [-0.3, -0.25) is 9.59 Å². The van der Waals surface area contributed by atoms with Crippen LogP contribution in [0.25, 0.3) is 0 Å². The number of rotatable bonds is 6. The Balaban J connectivity index is 1.49. The van der Waals surface area contributed by atoms with Crippen molar-refractivity contribution in [1.82, 2.24) is 5.32 Å². The highest BCUT2D eigenvalue weighted by Crippen LogP contribution is 2.23. The summed E-state index contributed by atoms with van der Waals surface area (Å²) in [5, 5.41) is 5.19. The number of hydrogen-bond acceptors (Lipinski definition) is 4. The number of furan rings is 1. The van der Waals surface area contributed by atoms with Gasteiger partial charge in [-0.2, -0.15) is 0 Å². The van der Waals surface area contributed by atoms with E-state index in [1.807, 2.05) is 31.2 Å². The van der Waals surface area contributed by atoms with Crippen LogP contribution in [0.4, 0.5) is 5.69 Å². The number of benzene rings is 2. The van der Waals surface area contributed by atoms with E-state index in [1.54, 1.807) is 30.3 Å². The second-order valence-corrected chi connectivity index (χ2v) is 5.65. The maximum absolute atomic E-state index is 11.9. The van der Waals surface area contributed by atoms with Gasteiger partial charge in [0.25, 0.3) is 5.91 Å². The number of carbonyl (C=O) groups excluding carboxylic acids is 2. The normalized spacial score (nSPS) is 10.2. The molecule has 132 valence electrons. The summed E-state index contributed by atoms with van der Waals surface area (Å²) >= 11 is 0. The van der Waals surface area contributed by atoms with Crippen molar-refractivity contribution in [2.75, 3.05) is 11.9 Å². The van der Waals surface area contributed by atoms with Crippen LogP contribution in [0.2, 0.25) is 0 Å². The number of amides is 2. The Morgan fingerprint density at radius 2 is 1.62 bits per heavy atom. The van der Waals surface area contributed by atoms with Gasteiger partial charge in [-0.05, 0) is 55.5 Å². The molecule has 6 nitrogen and oxygen atoms in total. The van der Waals surface area contributed by atoms with E-state index in [0.29, 0.717) is 11.4 Å². The van der Waals surface area contributed by atoms with Crippen LogP contribution in [0.5, 0.6) is 11.5 Å². The van der Waals surface area contributed by atoms with Gasteiger partial charge in [0, 0.05) is 5.69 Å². The average molecular weight is 350 g/mol. The van der Waals surface area contributed by atoms with E-state index in [9.17, 15) is 9.59 Å². The number of nitrogens with one attached hydrogen (secondary N) is 2. The summed E-state index contributed by atoms with van der Waals surface area (Å²) in [5.74, 6) is 0.797. The Morgan fingerprint density at radius 3 is 2.23 bits per heavy atom. The summed E-state index contributed by atoms with van der Waals surface area (Å²) in [6.07, 6.45) is 1.40. The Bertz CT molecular complexity index is 869. The Morgan fingerprint density at radius 1 is 0.962 bits per heavy atom. The molecule has 2 N–H and O–H groups in total. The van der Waals surface area contributed by atoms with Crippen molar-refractivity contribution >= 4 is 17.5 Å². The highest BCUT2D eigenvalue weighted by atomic mass is 16.5. The minimum Gasteiger partial charge on any atom is -0.459 e. The summed E-state index contributed by atoms with van der Waals surface area (Å²) < 4.78 is 10.7. The first-order chi connectivity index (χ1) is 12.6. The molecule has 0 aliphatic rings. The lowest BCUT2D eigenvalue weighted by molar-refractivity contribution is -0.115. The van der Waals surface area contributed by atoms with E-state index >= 15 is 0 Å². The number of hydrogen-bond donors (Lipinski definition) is 2. The molecule has 0 bridgehead atoms. The molecule has 0 aliphatic carbocycles. The van der Waals surface area contributed by atoms with Crippen molar-refractivity contribution in [2.45, 2.75) is 6.92 Å². The van der Waals surface area contributed by atoms with Crippen molar-refractivity contribution in [3.05, 3.63) is 78.3 Å². The summed E-state index contributed by atoms with van der Waals surface area (Å²) in [5.41, 5.74) is 1.77. The van der Waals surface area contributed by atoms with E-state index in [4.69, 9.17) is 9.15 Å². The predicted molar refractivity (Wildman–Crippen MR) is 97.4 cm³/mol. The third-order valence-corrected chi connectivity index (χ3v) is 3.55. The van der Waals surface area contributed by atoms with E-state index in [2.05, 4.69) is 10.6 Å². The molecule has 3 aromatic rings. The summed E-state index contributed by atoms with van der Waals surface area (Å²) in [6, 6.07) is 17.9. The molecule has 1 aromatic heterocycles. The average Bonchev–Trinajstić information content (AvgIpc) is 3.18. The van der Waals surface area contributed by atoms with Crippen LogP contribution in [0.3, 0.4) is 0 Å². The van der Waals surface area contributed by atoms with Gasteiger partial charge < -0.3 is 19.8 Å². The molecule has 0 radical (unpaired) electrons. The Labute approximate surface area is 150 Å². The highest BCUT2D eigenvalue weighted by Gasteiger charge is 2.10. The van der Waals surface area contributed by atoms with Crippen LogP contribution in [-0.4, -0.2) is 18.4 Å². The topological polar surface area (TPSA) is 80.6 Å². The van der Waals surface area contributed by atoms with E-state index in [0.717, 1.165) is 11.3 Å². The lowest BCUT2D eigenvalue weighted by Gasteiger charge is -2.09. The maximum atomic E-state index is 11.9. The fourth-order valence-electron chi connectivity index (χ4n) is 2.21. The maximum Gasteiger partial charge on any atom is 0.287 e. The third kappa shape index (κ3) is 4.73. The Hall–Kier alpha value is -3.54. The first-order valence-corrected chi connectivity index (χ1v) is 8.06. The zero-order valence-corrected chi connectivity index (χ0v) is 14.2. The van der Waals surface area contributed by atoms with E-state index in [-0.39, 0.29) is 18.2 Å². The zero-order valence-electron chi connectivity index (χ0n) is 14.2. The van der Waals surface area contributed by atoms with Crippen molar-refractivity contribution in [1.29, 1.82) is 0 Å². The molecular formula is C20H18N2O4. The molecule has 2 amide bonds. The van der Waals surface area contributed by atoms with E-state index < -0.39 is 5.91 Å². The molecule has 0 unspecified atom stereocenters. The smallest absolute Gasteiger partial charge is 0.287 e. The van der Waals surface area contributed by atoms with Crippen molar-refractivity contribution in [3.8, 4) is 11.5 Å². The number of ether oxygens (including phenoxy) is 1. The molecule has 2 aromatic carbocycles. The molecule has 0 atom stereocenters. The molecule has 0 saturated heterocycles. The lowest BCUT2D eigenvalue weighted by Crippen LogP contribution is -2.32. The second-order valence-electron chi connectivity index (χ2n) is 5.65. The van der Waals surface area contributed by atoms with Crippen molar-refractivity contribution < 1.29 is 18.7 Å². The van der Waals surface area contributed by atoms with Crippen LogP contribution in [0.1, 0.15) is 16.1 Å². The second kappa shape index (κ2) is 8.02. The van der Waals surface area contributed by atoms with Gasteiger partial charge in [0.15, 0.2) is 5.76 Å². The minimum absolute atomic E-state index is 0.152. The monoisotopic (exact) mass is 350 g/mol. The van der Waals surface area contributed by atoms with Gasteiger partial charge in [-0.25, -0.2) is 0 Å². The first kappa shape index (κ1) is 17.3. The van der Waals surface area contributed by atoms with Gasteiger partial charge in [-0.1, -0.05) is 17.7 Å². The van der Waals surface area contributed by atoms with Crippen LogP contribution >= 0.6 is 0 Å². The largest absolute Gasteiger partial charge is 0.459 e. The first-order valence-electron chi connectivity index (χ1n) is 8.06. The van der Waals surface area contributed by atoms with Crippen molar-refractivity contribution in [2.24, 2.45) is 0 Å². The SMILES string of the molecule is Cc1ccc(Oc2ccc(NC(=O)CNC(=O)c3ccco3)cc2)cc1. The molecule has 0 aliphatic heterocycles. The summed E-state index contributed by atoms with van der Waals surface area (Å²) in [7, 11) is 0. The fourth-order valence-corrected chi connectivity index (χ4v) is 2.21. The van der Waals surface area contributed by atoms with Gasteiger partial charge in [0.1, 0.15) is 11.5 Å². The number of aryl methyl sites for hydroxylation is 1. The standard InChI is InChI=1S/C20H18N2O4/c1-14-4-8-16(9-5-14)26-17-10-6-15(7-11-17)22-19(23)13-21-20(24)18-3-2-12-25-18/h2-12H,13H2,1H3,(H,21,24)(H,22,23). The third-order valence-electron chi connectivity index (χ3n) is 3.55. The molecule has 6 heteroatoms. The molecule has 26 heavy (non-hydrogen) atoms. The molecule has 0 spiro atoms. The van der Waals surface area contributed by atoms with Crippen LogP contribution in [-0.2, 0) is 4.79 Å². The quantitative estimate of drug-likeness (QED) is 0.709. The van der Waals surface area contributed by atoms with Crippen LogP contribution in [0.15, 0.2) is 71.3 Å². The number of anilines is 1. The van der Waals surface area contributed by atoms with Crippen LogP contribution in [0, 0.1) is 6.92 Å². The van der Waals surface area contributed by atoms with Gasteiger partial charge in [0.2, 0.25) is 5.91 Å². The summed E-state index contributed by atoms with van der Waals surface area (Å²) in [6.45, 7) is 1.86. The Kier molecular flexibility index (Phi) is 5.34. The van der Waals surface area contributed by atoms with E-state index in [1.165, 1.54) is 12.3 Å². The van der Waals surface area contributed by atoms with Gasteiger partial charge >= 0.3 is 0 Å². The van der Waals surface area contributed by atoms with Gasteiger partial charge in [-0.15, -0.1) is 0 Å². The molecule has 0 saturated carbocycles. The molecule has 3 rings (SSSR count). The zero-order chi connectivity index (χ0) is 18.4. The predicted octanol–water partition coefficient (Wildman–Crippen LogP) is 3.75. The fraction of sp³-hybridized carbons (Fsp3) is 0.100. The molecular weight excluding hydrogens is 332 g/mol. The summed E-state index contributed by atoms with van der Waals surface area (Å²) in [4.78, 5) is 23.6.